The van der Waals surface area contributed by atoms with Gasteiger partial charge in [0.05, 0.1) is 33.6 Å². The van der Waals surface area contributed by atoms with Crippen LogP contribution in [0.5, 0.6) is 0 Å². The molecule has 0 atom stereocenters. The lowest BCUT2D eigenvalue weighted by molar-refractivity contribution is -0.137. The van der Waals surface area contributed by atoms with Crippen LogP contribution in [0.2, 0.25) is 5.02 Å². The molecule has 4 nitrogen and oxygen atoms in total. The van der Waals surface area contributed by atoms with Crippen LogP contribution in [0.1, 0.15) is 25.0 Å². The van der Waals surface area contributed by atoms with Gasteiger partial charge in [0, 0.05) is 0 Å². The van der Waals surface area contributed by atoms with Gasteiger partial charge in [-0.2, -0.15) is 13.2 Å². The van der Waals surface area contributed by atoms with Crippen molar-refractivity contribution in [2.75, 3.05) is 5.32 Å². The average Bonchev–Trinajstić information content (AvgIpc) is 2.99. The topological polar surface area (TPSA) is 46.9 Å². The van der Waals surface area contributed by atoms with Crippen molar-refractivity contribution in [3.05, 3.63) is 58.9 Å². The highest BCUT2D eigenvalue weighted by atomic mass is 35.5. The molecular weight excluding hydrogens is 379 g/mol. The molecule has 0 radical (unpaired) electrons. The molecular formula is C19H17ClF3N3O. The standard InChI is InChI=1S/C19H17ClF3N3O/c1-11-4-7-16-15(8-11)24-10-26(16)18(2,3)17(27)25-14-6-5-12(9-13(14)20)19(21,22)23/h4-10H,1-3H3,(H,25,27). The Labute approximate surface area is 159 Å². The predicted octanol–water partition coefficient (Wildman–Crippen LogP) is 5.39. The van der Waals surface area contributed by atoms with Crippen molar-refractivity contribution in [3.63, 3.8) is 0 Å². The molecule has 1 heterocycles. The van der Waals surface area contributed by atoms with Crippen LogP contribution in [0.15, 0.2) is 42.7 Å². The molecule has 0 saturated heterocycles. The fraction of sp³-hybridized carbons (Fsp3) is 0.263. The van der Waals surface area contributed by atoms with E-state index in [1.807, 2.05) is 25.1 Å². The lowest BCUT2D eigenvalue weighted by atomic mass is 10.0. The highest BCUT2D eigenvalue weighted by Gasteiger charge is 2.33. The second kappa shape index (κ2) is 6.56. The van der Waals surface area contributed by atoms with E-state index in [0.717, 1.165) is 34.8 Å². The fourth-order valence-corrected chi connectivity index (χ4v) is 2.97. The lowest BCUT2D eigenvalue weighted by Crippen LogP contribution is -2.40. The monoisotopic (exact) mass is 395 g/mol. The van der Waals surface area contributed by atoms with Gasteiger partial charge >= 0.3 is 6.18 Å². The summed E-state index contributed by atoms with van der Waals surface area (Å²) in [6, 6.07) is 8.52. The number of anilines is 1. The number of hydrogen-bond acceptors (Lipinski definition) is 2. The summed E-state index contributed by atoms with van der Waals surface area (Å²) >= 11 is 5.93. The molecule has 142 valence electrons. The number of hydrogen-bond donors (Lipinski definition) is 1. The third kappa shape index (κ3) is 3.64. The van der Waals surface area contributed by atoms with Crippen LogP contribution in [0, 0.1) is 6.92 Å². The number of benzene rings is 2. The Morgan fingerprint density at radius 1 is 1.15 bits per heavy atom. The molecule has 1 amide bonds. The van der Waals surface area contributed by atoms with Gasteiger partial charge in [-0.3, -0.25) is 4.79 Å². The van der Waals surface area contributed by atoms with Crippen LogP contribution < -0.4 is 5.32 Å². The van der Waals surface area contributed by atoms with E-state index >= 15 is 0 Å². The first-order chi connectivity index (χ1) is 12.5. The number of imidazole rings is 1. The predicted molar refractivity (Wildman–Crippen MR) is 98.9 cm³/mol. The van der Waals surface area contributed by atoms with Crippen molar-refractivity contribution in [2.45, 2.75) is 32.5 Å². The van der Waals surface area contributed by atoms with Gasteiger partial charge in [-0.25, -0.2) is 4.98 Å². The Morgan fingerprint density at radius 2 is 1.85 bits per heavy atom. The molecule has 0 bridgehead atoms. The summed E-state index contributed by atoms with van der Waals surface area (Å²) in [6.07, 6.45) is -2.93. The quantitative estimate of drug-likeness (QED) is 0.646. The number of fused-ring (bicyclic) bond motifs is 1. The van der Waals surface area contributed by atoms with Crippen LogP contribution in [-0.2, 0) is 16.5 Å². The molecule has 0 saturated carbocycles. The minimum atomic E-state index is -4.50. The van der Waals surface area contributed by atoms with Gasteiger partial charge in [-0.1, -0.05) is 17.7 Å². The number of nitrogens with zero attached hydrogens (tertiary/aromatic N) is 2. The van der Waals surface area contributed by atoms with E-state index in [-0.39, 0.29) is 10.7 Å². The zero-order valence-electron chi connectivity index (χ0n) is 14.9. The molecule has 0 aliphatic rings. The SMILES string of the molecule is Cc1ccc2c(c1)ncn2C(C)(C)C(=O)Nc1ccc(C(F)(F)F)cc1Cl. The van der Waals surface area contributed by atoms with Gasteiger partial charge in [0.15, 0.2) is 0 Å². The lowest BCUT2D eigenvalue weighted by Gasteiger charge is -2.26. The largest absolute Gasteiger partial charge is 0.416 e. The molecule has 0 spiro atoms. The van der Waals surface area contributed by atoms with Crippen LogP contribution in [0.4, 0.5) is 18.9 Å². The van der Waals surface area contributed by atoms with Crippen molar-refractivity contribution in [1.82, 2.24) is 9.55 Å². The highest BCUT2D eigenvalue weighted by molar-refractivity contribution is 6.33. The van der Waals surface area contributed by atoms with Crippen molar-refractivity contribution in [1.29, 1.82) is 0 Å². The number of halogens is 4. The first kappa shape index (κ1) is 19.2. The summed E-state index contributed by atoms with van der Waals surface area (Å²) in [5, 5.41) is 2.43. The number of aromatic nitrogens is 2. The normalized spacial score (nSPS) is 12.4. The molecule has 27 heavy (non-hydrogen) atoms. The summed E-state index contributed by atoms with van der Waals surface area (Å²) in [5.74, 6) is -0.427. The van der Waals surface area contributed by atoms with Crippen LogP contribution in [0.25, 0.3) is 11.0 Å². The number of aryl methyl sites for hydroxylation is 1. The number of carbonyl (C=O) groups excluding carboxylic acids is 1. The molecule has 0 aliphatic heterocycles. The summed E-state index contributed by atoms with van der Waals surface area (Å²) in [7, 11) is 0. The van der Waals surface area contributed by atoms with Gasteiger partial charge in [0.1, 0.15) is 5.54 Å². The summed E-state index contributed by atoms with van der Waals surface area (Å²) < 4.78 is 40.0. The van der Waals surface area contributed by atoms with E-state index in [2.05, 4.69) is 10.3 Å². The van der Waals surface area contributed by atoms with Crippen molar-refractivity contribution in [2.24, 2.45) is 0 Å². The number of carbonyl (C=O) groups is 1. The van der Waals surface area contributed by atoms with E-state index in [1.165, 1.54) is 0 Å². The first-order valence-electron chi connectivity index (χ1n) is 8.12. The van der Waals surface area contributed by atoms with Gasteiger partial charge < -0.3 is 9.88 Å². The Bertz CT molecular complexity index is 1020. The number of amides is 1. The molecule has 8 heteroatoms. The zero-order valence-corrected chi connectivity index (χ0v) is 15.6. The molecule has 0 aliphatic carbocycles. The van der Waals surface area contributed by atoms with Crippen LogP contribution >= 0.6 is 11.6 Å². The Morgan fingerprint density at radius 3 is 2.48 bits per heavy atom. The summed E-state index contributed by atoms with van der Waals surface area (Å²) in [5.41, 5.74) is 0.772. The maximum atomic E-state index is 12.8. The second-order valence-electron chi connectivity index (χ2n) is 6.81. The molecule has 1 aromatic heterocycles. The first-order valence-corrected chi connectivity index (χ1v) is 8.50. The molecule has 0 fully saturated rings. The fourth-order valence-electron chi connectivity index (χ4n) is 2.75. The maximum Gasteiger partial charge on any atom is 0.416 e. The van der Waals surface area contributed by atoms with Gasteiger partial charge in [0.25, 0.3) is 0 Å². The molecule has 2 aromatic carbocycles. The van der Waals surface area contributed by atoms with Crippen molar-refractivity contribution < 1.29 is 18.0 Å². The van der Waals surface area contributed by atoms with E-state index in [9.17, 15) is 18.0 Å². The second-order valence-corrected chi connectivity index (χ2v) is 7.22. The zero-order chi connectivity index (χ0) is 20.0. The molecule has 3 aromatic rings. The van der Waals surface area contributed by atoms with Crippen LogP contribution in [-0.4, -0.2) is 15.5 Å². The van der Waals surface area contributed by atoms with Crippen LogP contribution in [0.3, 0.4) is 0 Å². The molecule has 3 rings (SSSR count). The van der Waals surface area contributed by atoms with E-state index in [0.29, 0.717) is 0 Å². The number of nitrogens with one attached hydrogen (secondary N) is 1. The Balaban J connectivity index is 1.90. The van der Waals surface area contributed by atoms with Gasteiger partial charge in [-0.05, 0) is 56.7 Å². The van der Waals surface area contributed by atoms with E-state index in [1.54, 1.807) is 24.7 Å². The van der Waals surface area contributed by atoms with Crippen molar-refractivity contribution >= 4 is 34.2 Å². The minimum absolute atomic E-state index is 0.114. The number of alkyl halides is 3. The van der Waals surface area contributed by atoms with Crippen molar-refractivity contribution in [3.8, 4) is 0 Å². The smallest absolute Gasteiger partial charge is 0.323 e. The van der Waals surface area contributed by atoms with Gasteiger partial charge in [0.2, 0.25) is 5.91 Å². The Kier molecular flexibility index (Phi) is 4.67. The number of rotatable bonds is 3. The Hall–Kier alpha value is -2.54. The summed E-state index contributed by atoms with van der Waals surface area (Å²) in [4.78, 5) is 17.2. The minimum Gasteiger partial charge on any atom is -0.323 e. The third-order valence-corrected chi connectivity index (χ3v) is 4.72. The molecule has 0 unspecified atom stereocenters. The van der Waals surface area contributed by atoms with E-state index < -0.39 is 23.2 Å². The highest BCUT2D eigenvalue weighted by Crippen LogP contribution is 2.34. The maximum absolute atomic E-state index is 12.8. The summed E-state index contributed by atoms with van der Waals surface area (Å²) in [6.45, 7) is 5.34. The third-order valence-electron chi connectivity index (χ3n) is 4.41. The van der Waals surface area contributed by atoms with E-state index in [4.69, 9.17) is 11.6 Å². The molecule has 1 N–H and O–H groups in total. The average molecular weight is 396 g/mol. The van der Waals surface area contributed by atoms with Gasteiger partial charge in [-0.15, -0.1) is 0 Å².